The molecular weight excluding hydrogens is 324 g/mol. The van der Waals surface area contributed by atoms with Gasteiger partial charge in [0.25, 0.3) is 5.91 Å². The second-order valence-corrected chi connectivity index (χ2v) is 7.56. The molecule has 1 saturated heterocycles. The SMILES string of the molecule is CC(C)(C)OC(=O)C(=O)N1CCN(C(=O)c2ccoc2C2CC2)CC1. The van der Waals surface area contributed by atoms with Crippen molar-refractivity contribution in [2.45, 2.75) is 45.1 Å². The molecule has 25 heavy (non-hydrogen) atoms. The van der Waals surface area contributed by atoms with Gasteiger partial charge < -0.3 is 19.0 Å². The molecule has 2 aliphatic rings. The number of ether oxygens (including phenoxy) is 1. The first-order valence-electron chi connectivity index (χ1n) is 8.65. The Morgan fingerprint density at radius 2 is 1.68 bits per heavy atom. The smallest absolute Gasteiger partial charge is 0.397 e. The van der Waals surface area contributed by atoms with Crippen LogP contribution in [0.5, 0.6) is 0 Å². The van der Waals surface area contributed by atoms with Gasteiger partial charge in [-0.2, -0.15) is 0 Å². The minimum atomic E-state index is -0.849. The first kappa shape index (κ1) is 17.5. The lowest BCUT2D eigenvalue weighted by atomic mass is 10.1. The summed E-state index contributed by atoms with van der Waals surface area (Å²) >= 11 is 0. The summed E-state index contributed by atoms with van der Waals surface area (Å²) in [5.41, 5.74) is -0.0835. The molecular formula is C18H24N2O5. The summed E-state index contributed by atoms with van der Waals surface area (Å²) in [4.78, 5) is 39.9. The van der Waals surface area contributed by atoms with Crippen molar-refractivity contribution in [3.8, 4) is 0 Å². The summed E-state index contributed by atoms with van der Waals surface area (Å²) in [6.07, 6.45) is 3.68. The van der Waals surface area contributed by atoms with Crippen LogP contribution in [-0.4, -0.2) is 59.4 Å². The zero-order valence-electron chi connectivity index (χ0n) is 14.9. The summed E-state index contributed by atoms with van der Waals surface area (Å²) in [6.45, 7) is 6.58. The number of hydrogen-bond donors (Lipinski definition) is 0. The van der Waals surface area contributed by atoms with Crippen LogP contribution < -0.4 is 0 Å². The third kappa shape index (κ3) is 4.03. The molecule has 136 valence electrons. The van der Waals surface area contributed by atoms with Gasteiger partial charge in [0, 0.05) is 32.1 Å². The molecule has 7 nitrogen and oxygen atoms in total. The van der Waals surface area contributed by atoms with Gasteiger partial charge in [0.1, 0.15) is 11.4 Å². The van der Waals surface area contributed by atoms with Gasteiger partial charge >= 0.3 is 11.9 Å². The van der Waals surface area contributed by atoms with Crippen LogP contribution in [0.2, 0.25) is 0 Å². The van der Waals surface area contributed by atoms with E-state index in [1.54, 1.807) is 38.0 Å². The number of piperazine rings is 1. The van der Waals surface area contributed by atoms with Gasteiger partial charge in [-0.3, -0.25) is 9.59 Å². The number of rotatable bonds is 2. The fourth-order valence-corrected chi connectivity index (χ4v) is 2.89. The molecule has 0 N–H and O–H groups in total. The van der Waals surface area contributed by atoms with E-state index < -0.39 is 17.5 Å². The Labute approximate surface area is 146 Å². The second kappa shape index (κ2) is 6.54. The number of carbonyl (C=O) groups is 3. The van der Waals surface area contributed by atoms with Crippen LogP contribution in [0.1, 0.15) is 55.6 Å². The quantitative estimate of drug-likeness (QED) is 0.601. The van der Waals surface area contributed by atoms with Crippen molar-refractivity contribution < 1.29 is 23.5 Å². The third-order valence-corrected chi connectivity index (χ3v) is 4.30. The van der Waals surface area contributed by atoms with Crippen molar-refractivity contribution in [1.29, 1.82) is 0 Å². The Morgan fingerprint density at radius 3 is 2.24 bits per heavy atom. The monoisotopic (exact) mass is 348 g/mol. The van der Waals surface area contributed by atoms with Crippen LogP contribution in [0, 0.1) is 0 Å². The number of amides is 2. The van der Waals surface area contributed by atoms with E-state index in [0.29, 0.717) is 37.7 Å². The van der Waals surface area contributed by atoms with Crippen LogP contribution in [0.15, 0.2) is 16.7 Å². The second-order valence-electron chi connectivity index (χ2n) is 7.56. The maximum Gasteiger partial charge on any atom is 0.397 e. The third-order valence-electron chi connectivity index (χ3n) is 4.30. The van der Waals surface area contributed by atoms with Crippen LogP contribution in [0.4, 0.5) is 0 Å². The highest BCUT2D eigenvalue weighted by Gasteiger charge is 2.35. The molecule has 1 aliphatic heterocycles. The maximum absolute atomic E-state index is 12.7. The van der Waals surface area contributed by atoms with Crippen molar-refractivity contribution in [1.82, 2.24) is 9.80 Å². The Bertz CT molecular complexity index is 676. The molecule has 0 spiro atoms. The molecule has 3 rings (SSSR count). The van der Waals surface area contributed by atoms with Crippen molar-refractivity contribution in [3.05, 3.63) is 23.7 Å². The molecule has 2 fully saturated rings. The minimum absolute atomic E-state index is 0.0694. The lowest BCUT2D eigenvalue weighted by molar-refractivity contribution is -0.168. The Balaban J connectivity index is 1.56. The van der Waals surface area contributed by atoms with E-state index in [4.69, 9.17) is 9.15 Å². The van der Waals surface area contributed by atoms with Gasteiger partial charge in [0.05, 0.1) is 11.8 Å². The van der Waals surface area contributed by atoms with Gasteiger partial charge in [-0.05, 0) is 39.7 Å². The highest BCUT2D eigenvalue weighted by atomic mass is 16.6. The maximum atomic E-state index is 12.7. The fourth-order valence-electron chi connectivity index (χ4n) is 2.89. The van der Waals surface area contributed by atoms with E-state index >= 15 is 0 Å². The topological polar surface area (TPSA) is 80.1 Å². The first-order valence-corrected chi connectivity index (χ1v) is 8.65. The van der Waals surface area contributed by atoms with Gasteiger partial charge in [-0.25, -0.2) is 4.79 Å². The summed E-state index contributed by atoms with van der Waals surface area (Å²) in [6, 6.07) is 1.72. The van der Waals surface area contributed by atoms with Gasteiger partial charge in [-0.15, -0.1) is 0 Å². The lowest BCUT2D eigenvalue weighted by Crippen LogP contribution is -2.53. The predicted molar refractivity (Wildman–Crippen MR) is 89.0 cm³/mol. The van der Waals surface area contributed by atoms with Crippen LogP contribution in [-0.2, 0) is 14.3 Å². The zero-order chi connectivity index (χ0) is 18.2. The number of furan rings is 1. The summed E-state index contributed by atoms with van der Waals surface area (Å²) < 4.78 is 10.6. The largest absolute Gasteiger partial charge is 0.468 e. The van der Waals surface area contributed by atoms with Gasteiger partial charge in [0.2, 0.25) is 0 Å². The first-order chi connectivity index (χ1) is 11.8. The van der Waals surface area contributed by atoms with Gasteiger partial charge in [-0.1, -0.05) is 0 Å². The van der Waals surface area contributed by atoms with Crippen LogP contribution in [0.25, 0.3) is 0 Å². The molecule has 1 aromatic rings. The zero-order valence-corrected chi connectivity index (χ0v) is 14.9. The molecule has 7 heteroatoms. The van der Waals surface area contributed by atoms with E-state index in [-0.39, 0.29) is 5.91 Å². The van der Waals surface area contributed by atoms with Crippen molar-refractivity contribution in [2.75, 3.05) is 26.2 Å². The molecule has 0 radical (unpaired) electrons. The molecule has 2 heterocycles. The standard InChI is InChI=1S/C18H24N2O5/c1-18(2,3)25-17(23)16(22)20-9-7-19(8-10-20)15(21)13-6-11-24-14(13)12-4-5-12/h6,11-12H,4-5,7-10H2,1-3H3. The molecule has 1 aromatic heterocycles. The average molecular weight is 348 g/mol. The van der Waals surface area contributed by atoms with Crippen molar-refractivity contribution in [3.63, 3.8) is 0 Å². The summed E-state index contributed by atoms with van der Waals surface area (Å²) in [5.74, 6) is -0.427. The van der Waals surface area contributed by atoms with E-state index in [0.717, 1.165) is 18.6 Å². The number of nitrogens with zero attached hydrogens (tertiary/aromatic N) is 2. The Morgan fingerprint density at radius 1 is 1.08 bits per heavy atom. The number of hydrogen-bond acceptors (Lipinski definition) is 5. The minimum Gasteiger partial charge on any atom is -0.468 e. The number of carbonyl (C=O) groups excluding carboxylic acids is 3. The summed E-state index contributed by atoms with van der Waals surface area (Å²) in [5, 5.41) is 0. The van der Waals surface area contributed by atoms with Gasteiger partial charge in [0.15, 0.2) is 0 Å². The fraction of sp³-hybridized carbons (Fsp3) is 0.611. The molecule has 1 saturated carbocycles. The molecule has 1 aliphatic carbocycles. The molecule has 0 atom stereocenters. The molecule has 0 bridgehead atoms. The molecule has 0 unspecified atom stereocenters. The Kier molecular flexibility index (Phi) is 4.58. The number of esters is 1. The average Bonchev–Trinajstić information content (AvgIpc) is 3.29. The van der Waals surface area contributed by atoms with Crippen LogP contribution >= 0.6 is 0 Å². The van der Waals surface area contributed by atoms with E-state index in [9.17, 15) is 14.4 Å². The van der Waals surface area contributed by atoms with Crippen molar-refractivity contribution in [2.24, 2.45) is 0 Å². The van der Waals surface area contributed by atoms with Crippen LogP contribution in [0.3, 0.4) is 0 Å². The Hall–Kier alpha value is -2.31. The van der Waals surface area contributed by atoms with E-state index in [2.05, 4.69) is 0 Å². The molecule has 2 amide bonds. The predicted octanol–water partition coefficient (Wildman–Crippen LogP) is 1.78. The highest BCUT2D eigenvalue weighted by molar-refractivity contribution is 6.32. The van der Waals surface area contributed by atoms with E-state index in [1.165, 1.54) is 4.90 Å². The molecule has 0 aromatic carbocycles. The van der Waals surface area contributed by atoms with E-state index in [1.807, 2.05) is 0 Å². The normalized spacial score (nSPS) is 18.2. The summed E-state index contributed by atoms with van der Waals surface area (Å²) in [7, 11) is 0. The van der Waals surface area contributed by atoms with Crippen molar-refractivity contribution >= 4 is 17.8 Å². The highest BCUT2D eigenvalue weighted by Crippen LogP contribution is 2.42. The lowest BCUT2D eigenvalue weighted by Gasteiger charge is -2.34.